The first kappa shape index (κ1) is 34.5. The molecule has 0 N–H and O–H groups in total. The van der Waals surface area contributed by atoms with Crippen molar-refractivity contribution in [2.75, 3.05) is 0 Å². The van der Waals surface area contributed by atoms with Gasteiger partial charge in [0.1, 0.15) is 5.82 Å². The average Bonchev–Trinajstić information content (AvgIpc) is 3.71. The Morgan fingerprint density at radius 2 is 1.00 bits per heavy atom. The van der Waals surface area contributed by atoms with Crippen LogP contribution < -0.4 is 0 Å². The van der Waals surface area contributed by atoms with E-state index in [1.54, 1.807) is 0 Å². The lowest BCUT2D eigenvalue weighted by Crippen LogP contribution is -2.01. The summed E-state index contributed by atoms with van der Waals surface area (Å²) in [6, 6.07) is 68.0. The van der Waals surface area contributed by atoms with Gasteiger partial charge in [0.2, 0.25) is 0 Å². The number of hydrogen-bond donors (Lipinski definition) is 0. The Morgan fingerprint density at radius 1 is 0.424 bits per heavy atom. The maximum Gasteiger partial charge on any atom is 0.160 e. The van der Waals surface area contributed by atoms with Crippen molar-refractivity contribution in [2.45, 2.75) is 13.3 Å². The molecule has 0 unspecified atom stereocenters. The molecule has 0 saturated carbocycles. The molecular formula is C54H37N5. The normalized spacial score (nSPS) is 11.5. The first-order valence-electron chi connectivity index (χ1n) is 20.1. The zero-order valence-corrected chi connectivity index (χ0v) is 32.4. The summed E-state index contributed by atoms with van der Waals surface area (Å²) in [5.74, 6) is 1.70. The lowest BCUT2D eigenvalue weighted by atomic mass is 9.92. The molecule has 59 heavy (non-hydrogen) atoms. The summed E-state index contributed by atoms with van der Waals surface area (Å²) in [7, 11) is 0. The molecule has 3 aromatic heterocycles. The van der Waals surface area contributed by atoms with Crippen molar-refractivity contribution in [3.05, 3.63) is 200 Å². The number of nitrogens with zero attached hydrogens (tertiary/aromatic N) is 5. The largest absolute Gasteiger partial charge is 0.296 e. The first-order valence-corrected chi connectivity index (χ1v) is 20.1. The van der Waals surface area contributed by atoms with Crippen LogP contribution in [0.1, 0.15) is 12.7 Å². The molecule has 11 aromatic rings. The van der Waals surface area contributed by atoms with E-state index in [0.29, 0.717) is 5.82 Å². The van der Waals surface area contributed by atoms with E-state index in [1.165, 1.54) is 5.39 Å². The van der Waals surface area contributed by atoms with Crippen LogP contribution in [0.15, 0.2) is 194 Å². The predicted octanol–water partition coefficient (Wildman–Crippen LogP) is 13.6. The van der Waals surface area contributed by atoms with Crippen LogP contribution in [-0.4, -0.2) is 24.5 Å². The number of imidazole rings is 1. The number of rotatable bonds is 7. The van der Waals surface area contributed by atoms with E-state index in [2.05, 4.69) is 193 Å². The van der Waals surface area contributed by atoms with Gasteiger partial charge in [-0.1, -0.05) is 171 Å². The smallest absolute Gasteiger partial charge is 0.160 e. The summed E-state index contributed by atoms with van der Waals surface area (Å²) in [5, 5.41) is 5.64. The third-order valence-electron chi connectivity index (χ3n) is 11.3. The minimum atomic E-state index is 0.686. The SMILES string of the molecule is CCc1nc2c3c(-c4ccc(-c5c(-c6ccccc6)nc(-c6ccc7ccccc7c6)nc5-c5ccccc5)cc4)nc4ccccc4c3ccc2n1-c1ccccc1. The number of benzene rings is 8. The highest BCUT2D eigenvalue weighted by atomic mass is 15.1. The Balaban J connectivity index is 1.14. The average molecular weight is 756 g/mol. The van der Waals surface area contributed by atoms with E-state index in [1.807, 2.05) is 12.1 Å². The standard InChI is InChI=1S/C54H37N5/c1-2-47-56-53-46(59(47)42-22-10-5-11-23-42)33-32-44-43-24-14-15-25-45(43)55-52(49(44)53)39-29-27-36(28-30-39)48-50(37-17-6-3-7-18-37)57-54(58-51(48)38-19-8-4-9-20-38)41-31-26-35-16-12-13-21-40(35)34-41/h3-34H,2H2,1H3. The van der Waals surface area contributed by atoms with E-state index in [-0.39, 0.29) is 0 Å². The molecule has 0 saturated heterocycles. The van der Waals surface area contributed by atoms with Gasteiger partial charge in [-0.2, -0.15) is 0 Å². The monoisotopic (exact) mass is 755 g/mol. The lowest BCUT2D eigenvalue weighted by molar-refractivity contribution is 0.908. The summed E-state index contributed by atoms with van der Waals surface area (Å²) < 4.78 is 2.29. The van der Waals surface area contributed by atoms with Gasteiger partial charge in [0.05, 0.1) is 33.6 Å². The van der Waals surface area contributed by atoms with Crippen LogP contribution in [0.5, 0.6) is 0 Å². The van der Waals surface area contributed by atoms with E-state index < -0.39 is 0 Å². The fourth-order valence-corrected chi connectivity index (χ4v) is 8.54. The van der Waals surface area contributed by atoms with Crippen LogP contribution >= 0.6 is 0 Å². The molecule has 0 atom stereocenters. The Kier molecular flexibility index (Phi) is 8.37. The fourth-order valence-electron chi connectivity index (χ4n) is 8.54. The van der Waals surface area contributed by atoms with Gasteiger partial charge in [0.25, 0.3) is 0 Å². The summed E-state index contributed by atoms with van der Waals surface area (Å²) in [6.07, 6.45) is 0.797. The molecule has 3 heterocycles. The quantitative estimate of drug-likeness (QED) is 0.152. The molecule has 0 radical (unpaired) electrons. The summed E-state index contributed by atoms with van der Waals surface area (Å²) in [4.78, 5) is 21.5. The van der Waals surface area contributed by atoms with E-state index >= 15 is 0 Å². The lowest BCUT2D eigenvalue weighted by Gasteiger charge is -2.18. The van der Waals surface area contributed by atoms with Crippen LogP contribution in [-0.2, 0) is 6.42 Å². The molecule has 11 rings (SSSR count). The molecular weight excluding hydrogens is 719 g/mol. The van der Waals surface area contributed by atoms with Gasteiger partial charge >= 0.3 is 0 Å². The highest BCUT2D eigenvalue weighted by Gasteiger charge is 2.22. The second-order valence-corrected chi connectivity index (χ2v) is 14.9. The highest BCUT2D eigenvalue weighted by Crippen LogP contribution is 2.42. The van der Waals surface area contributed by atoms with Crippen molar-refractivity contribution in [2.24, 2.45) is 0 Å². The number of aryl methyl sites for hydroxylation is 1. The Morgan fingerprint density at radius 3 is 1.69 bits per heavy atom. The van der Waals surface area contributed by atoms with E-state index in [9.17, 15) is 0 Å². The second-order valence-electron chi connectivity index (χ2n) is 14.9. The maximum atomic E-state index is 5.39. The molecule has 0 aliphatic heterocycles. The van der Waals surface area contributed by atoms with Gasteiger partial charge in [-0.3, -0.25) is 4.57 Å². The van der Waals surface area contributed by atoms with Gasteiger partial charge in [-0.15, -0.1) is 0 Å². The number of fused-ring (bicyclic) bond motifs is 6. The van der Waals surface area contributed by atoms with Gasteiger partial charge in [-0.05, 0) is 52.1 Å². The minimum Gasteiger partial charge on any atom is -0.296 e. The molecule has 0 aliphatic rings. The number of para-hydroxylation sites is 2. The third-order valence-corrected chi connectivity index (χ3v) is 11.3. The highest BCUT2D eigenvalue weighted by molar-refractivity contribution is 6.20. The zero-order valence-electron chi connectivity index (χ0n) is 32.4. The summed E-state index contributed by atoms with van der Waals surface area (Å²) in [5.41, 5.74) is 12.8. The van der Waals surface area contributed by atoms with Crippen molar-refractivity contribution in [1.82, 2.24) is 24.5 Å². The van der Waals surface area contributed by atoms with Crippen LogP contribution in [0.2, 0.25) is 0 Å². The topological polar surface area (TPSA) is 56.5 Å². The molecule has 0 aliphatic carbocycles. The van der Waals surface area contributed by atoms with Crippen molar-refractivity contribution >= 4 is 43.5 Å². The summed E-state index contributed by atoms with van der Waals surface area (Å²) in [6.45, 7) is 2.17. The maximum absolute atomic E-state index is 5.39. The van der Waals surface area contributed by atoms with Crippen LogP contribution in [0, 0.1) is 0 Å². The Labute approximate surface area is 342 Å². The number of hydrogen-bond acceptors (Lipinski definition) is 4. The van der Waals surface area contributed by atoms with E-state index in [4.69, 9.17) is 19.9 Å². The minimum absolute atomic E-state index is 0.686. The molecule has 5 nitrogen and oxygen atoms in total. The zero-order chi connectivity index (χ0) is 39.3. The molecule has 8 aromatic carbocycles. The molecule has 5 heteroatoms. The predicted molar refractivity (Wildman–Crippen MR) is 244 cm³/mol. The second kappa shape index (κ2) is 14.3. The van der Waals surface area contributed by atoms with Crippen molar-refractivity contribution in [3.8, 4) is 62.0 Å². The van der Waals surface area contributed by atoms with Crippen molar-refractivity contribution in [1.29, 1.82) is 0 Å². The molecule has 0 amide bonds. The van der Waals surface area contributed by atoms with E-state index in [0.717, 1.165) is 106 Å². The summed E-state index contributed by atoms with van der Waals surface area (Å²) >= 11 is 0. The van der Waals surface area contributed by atoms with Crippen molar-refractivity contribution in [3.63, 3.8) is 0 Å². The van der Waals surface area contributed by atoms with Gasteiger partial charge in [0, 0.05) is 50.7 Å². The van der Waals surface area contributed by atoms with Crippen LogP contribution in [0.25, 0.3) is 105 Å². The molecule has 0 fully saturated rings. The van der Waals surface area contributed by atoms with Crippen LogP contribution in [0.4, 0.5) is 0 Å². The third kappa shape index (κ3) is 5.94. The van der Waals surface area contributed by atoms with Crippen LogP contribution in [0.3, 0.4) is 0 Å². The van der Waals surface area contributed by atoms with Gasteiger partial charge in [0.15, 0.2) is 5.82 Å². The van der Waals surface area contributed by atoms with Crippen molar-refractivity contribution < 1.29 is 0 Å². The van der Waals surface area contributed by atoms with Gasteiger partial charge in [-0.25, -0.2) is 19.9 Å². The molecule has 0 spiro atoms. The molecule has 0 bridgehead atoms. The Hall–Kier alpha value is -7.76. The first-order chi connectivity index (χ1) is 29.2. The number of pyridine rings is 1. The fraction of sp³-hybridized carbons (Fsp3) is 0.0370. The number of aromatic nitrogens is 5. The Bertz CT molecular complexity index is 3280. The molecule has 278 valence electrons. The van der Waals surface area contributed by atoms with Gasteiger partial charge < -0.3 is 0 Å².